The van der Waals surface area contributed by atoms with E-state index in [1.807, 2.05) is 45.7 Å². The lowest BCUT2D eigenvalue weighted by atomic mass is 9.93. The van der Waals surface area contributed by atoms with Crippen molar-refractivity contribution >= 4 is 28.1 Å². The van der Waals surface area contributed by atoms with Crippen LogP contribution in [-0.4, -0.2) is 76.6 Å². The number of fused-ring (bicyclic) bond motifs is 4. The third-order valence-electron chi connectivity index (χ3n) is 9.61. The highest BCUT2D eigenvalue weighted by molar-refractivity contribution is 5.95. The van der Waals surface area contributed by atoms with Crippen LogP contribution in [0, 0.1) is 6.92 Å². The third-order valence-corrected chi connectivity index (χ3v) is 9.61. The molecule has 2 saturated heterocycles. The average Bonchev–Trinajstić information content (AvgIpc) is 3.80. The Balaban J connectivity index is 1.10. The lowest BCUT2D eigenvalue weighted by Crippen LogP contribution is -2.48. The second kappa shape index (κ2) is 9.62. The van der Waals surface area contributed by atoms with Gasteiger partial charge in [0, 0.05) is 66.2 Å². The number of imidazole rings is 1. The van der Waals surface area contributed by atoms with Crippen molar-refractivity contribution in [3.05, 3.63) is 60.8 Å². The van der Waals surface area contributed by atoms with Crippen LogP contribution in [0.15, 0.2) is 55.1 Å². The van der Waals surface area contributed by atoms with Crippen molar-refractivity contribution in [1.29, 1.82) is 0 Å². The second-order valence-corrected chi connectivity index (χ2v) is 12.2. The number of nitrogens with zero attached hydrogens (tertiary/aromatic N) is 8. The van der Waals surface area contributed by atoms with Crippen LogP contribution in [-0.2, 0) is 4.79 Å². The Labute approximate surface area is 243 Å². The number of piperazine rings is 1. The maximum Gasteiger partial charge on any atom is 0.219 e. The minimum Gasteiger partial charge on any atom is -0.393 e. The van der Waals surface area contributed by atoms with Crippen LogP contribution in [0.2, 0.25) is 0 Å². The molecule has 8 rings (SSSR count). The molecule has 1 N–H and O–H groups in total. The zero-order valence-corrected chi connectivity index (χ0v) is 23.9. The van der Waals surface area contributed by atoms with E-state index in [0.717, 1.165) is 95.5 Å². The van der Waals surface area contributed by atoms with Gasteiger partial charge in [0.2, 0.25) is 5.91 Å². The Morgan fingerprint density at radius 2 is 1.81 bits per heavy atom. The van der Waals surface area contributed by atoms with Crippen molar-refractivity contribution in [2.24, 2.45) is 0 Å². The summed E-state index contributed by atoms with van der Waals surface area (Å²) >= 11 is 0. The molecule has 1 aromatic carbocycles. The lowest BCUT2D eigenvalue weighted by molar-refractivity contribution is -0.129. The van der Waals surface area contributed by atoms with Crippen molar-refractivity contribution in [1.82, 2.24) is 34.3 Å². The summed E-state index contributed by atoms with van der Waals surface area (Å²) in [4.78, 5) is 25.9. The number of aliphatic hydroxyl groups is 1. The molecule has 4 aromatic heterocycles. The molecular formula is C32H34N8O2. The van der Waals surface area contributed by atoms with Crippen LogP contribution in [0.1, 0.15) is 50.8 Å². The molecule has 1 saturated carbocycles. The molecule has 42 heavy (non-hydrogen) atoms. The van der Waals surface area contributed by atoms with Crippen molar-refractivity contribution in [2.45, 2.75) is 70.2 Å². The number of benzene rings is 1. The van der Waals surface area contributed by atoms with E-state index in [0.29, 0.717) is 18.1 Å². The smallest absolute Gasteiger partial charge is 0.219 e. The van der Waals surface area contributed by atoms with Crippen LogP contribution in [0.25, 0.3) is 38.9 Å². The third kappa shape index (κ3) is 4.07. The van der Waals surface area contributed by atoms with E-state index in [4.69, 9.17) is 15.1 Å². The zero-order chi connectivity index (χ0) is 28.5. The van der Waals surface area contributed by atoms with Gasteiger partial charge in [-0.1, -0.05) is 6.07 Å². The van der Waals surface area contributed by atoms with Gasteiger partial charge in [0.1, 0.15) is 0 Å². The van der Waals surface area contributed by atoms with E-state index in [-0.39, 0.29) is 12.0 Å². The fourth-order valence-corrected chi connectivity index (χ4v) is 7.38. The maximum absolute atomic E-state index is 12.0. The Hall–Kier alpha value is -4.31. The Kier molecular flexibility index (Phi) is 5.82. The summed E-state index contributed by atoms with van der Waals surface area (Å²) in [5.41, 5.74) is 7.79. The van der Waals surface area contributed by atoms with Gasteiger partial charge in [-0.3, -0.25) is 14.5 Å². The minimum absolute atomic E-state index is 0.173. The summed E-state index contributed by atoms with van der Waals surface area (Å²) in [5, 5.41) is 20.6. The van der Waals surface area contributed by atoms with Crippen LogP contribution in [0.5, 0.6) is 0 Å². The van der Waals surface area contributed by atoms with Gasteiger partial charge in [-0.2, -0.15) is 10.2 Å². The number of amides is 1. The number of carbonyl (C=O) groups is 1. The Bertz CT molecular complexity index is 1840. The second-order valence-electron chi connectivity index (χ2n) is 12.2. The molecule has 1 amide bonds. The quantitative estimate of drug-likeness (QED) is 0.346. The zero-order valence-electron chi connectivity index (χ0n) is 23.9. The first-order valence-corrected chi connectivity index (χ1v) is 14.9. The first kappa shape index (κ1) is 25.4. The Morgan fingerprint density at radius 1 is 0.952 bits per heavy atom. The van der Waals surface area contributed by atoms with Crippen molar-refractivity contribution in [3.8, 4) is 22.4 Å². The van der Waals surface area contributed by atoms with Gasteiger partial charge in [0.15, 0.2) is 5.65 Å². The van der Waals surface area contributed by atoms with E-state index in [9.17, 15) is 9.90 Å². The first-order valence-electron chi connectivity index (χ1n) is 14.9. The van der Waals surface area contributed by atoms with Crippen LogP contribution in [0.4, 0.5) is 5.69 Å². The number of aryl methyl sites for hydroxylation is 1. The number of likely N-dealkylation sites (tertiary alicyclic amines) is 1. The molecule has 5 aromatic rings. The fraction of sp³-hybridized carbons (Fsp3) is 0.406. The molecule has 214 valence electrons. The molecule has 0 unspecified atom stereocenters. The van der Waals surface area contributed by atoms with Crippen LogP contribution >= 0.6 is 0 Å². The molecule has 3 aliphatic rings. The SMILES string of the molecule is CC(=O)N1C[C@@H]2C[C@H]1CN2c1ccc2c(-c3cnc4cc(-c5cnn([C@H]6CC[C@H](O)CC6)c5)c(C)nn34)ccnc2c1. The van der Waals surface area contributed by atoms with Gasteiger partial charge in [-0.15, -0.1) is 0 Å². The van der Waals surface area contributed by atoms with Gasteiger partial charge >= 0.3 is 0 Å². The molecule has 0 radical (unpaired) electrons. The number of hydrogen-bond acceptors (Lipinski definition) is 7. The van der Waals surface area contributed by atoms with Gasteiger partial charge in [-0.05, 0) is 63.3 Å². The van der Waals surface area contributed by atoms with E-state index >= 15 is 0 Å². The normalized spacial score (nSPS) is 23.9. The monoisotopic (exact) mass is 562 g/mol. The van der Waals surface area contributed by atoms with E-state index in [1.54, 1.807) is 6.92 Å². The molecule has 3 fully saturated rings. The molecule has 2 bridgehead atoms. The first-order chi connectivity index (χ1) is 20.4. The number of hydrogen-bond donors (Lipinski definition) is 1. The van der Waals surface area contributed by atoms with Crippen molar-refractivity contribution in [2.75, 3.05) is 18.0 Å². The van der Waals surface area contributed by atoms with Crippen molar-refractivity contribution < 1.29 is 9.90 Å². The lowest BCUT2D eigenvalue weighted by Gasteiger charge is -2.35. The van der Waals surface area contributed by atoms with Gasteiger partial charge in [0.25, 0.3) is 0 Å². The predicted octanol–water partition coefficient (Wildman–Crippen LogP) is 4.40. The van der Waals surface area contributed by atoms with Gasteiger partial charge in [0.05, 0.1) is 47.5 Å². The van der Waals surface area contributed by atoms with Crippen LogP contribution in [0.3, 0.4) is 0 Å². The molecule has 1 aliphatic carbocycles. The topological polar surface area (TPSA) is 105 Å². The molecule has 2 atom stereocenters. The summed E-state index contributed by atoms with van der Waals surface area (Å²) in [6, 6.07) is 11.6. The minimum atomic E-state index is -0.181. The van der Waals surface area contributed by atoms with Gasteiger partial charge in [-0.25, -0.2) is 9.50 Å². The highest BCUT2D eigenvalue weighted by atomic mass is 16.3. The van der Waals surface area contributed by atoms with E-state index in [2.05, 4.69) is 40.5 Å². The number of pyridine rings is 1. The number of carbonyl (C=O) groups excluding carboxylic acids is 1. The number of anilines is 1. The highest BCUT2D eigenvalue weighted by Gasteiger charge is 2.44. The maximum atomic E-state index is 12.0. The molecule has 0 spiro atoms. The summed E-state index contributed by atoms with van der Waals surface area (Å²) in [6.45, 7) is 5.37. The summed E-state index contributed by atoms with van der Waals surface area (Å²) in [6.07, 6.45) is 12.2. The molecule has 6 heterocycles. The number of aromatic nitrogens is 6. The van der Waals surface area contributed by atoms with Gasteiger partial charge < -0.3 is 14.9 Å². The summed E-state index contributed by atoms with van der Waals surface area (Å²) < 4.78 is 3.97. The highest BCUT2D eigenvalue weighted by Crippen LogP contribution is 2.37. The predicted molar refractivity (Wildman–Crippen MR) is 160 cm³/mol. The summed E-state index contributed by atoms with van der Waals surface area (Å²) in [5.74, 6) is 0.173. The number of rotatable bonds is 4. The van der Waals surface area contributed by atoms with Crippen molar-refractivity contribution in [3.63, 3.8) is 0 Å². The van der Waals surface area contributed by atoms with Crippen LogP contribution < -0.4 is 4.90 Å². The molecule has 2 aliphatic heterocycles. The molecule has 10 nitrogen and oxygen atoms in total. The molecular weight excluding hydrogens is 528 g/mol. The number of aliphatic hydroxyl groups excluding tert-OH is 1. The van der Waals surface area contributed by atoms with E-state index < -0.39 is 0 Å². The largest absolute Gasteiger partial charge is 0.393 e. The molecule has 10 heteroatoms. The van der Waals surface area contributed by atoms with E-state index in [1.165, 1.54) is 0 Å². The fourth-order valence-electron chi connectivity index (χ4n) is 7.38. The standard InChI is InChI=1S/C32H34N8O2/c1-19-29(21-14-35-39(16-21)22-3-6-26(42)7-4-22)13-32-34-15-31(40(32)36-19)28-9-10-33-30-12-23(5-8-27(28)30)38-18-24-11-25(38)17-37(24)20(2)41/h5,8-10,12-16,22,24-26,42H,3-4,6-7,11,17-18H2,1-2H3/t22-,24-,25-,26-/m0/s1. The summed E-state index contributed by atoms with van der Waals surface area (Å²) in [7, 11) is 0. The Morgan fingerprint density at radius 3 is 2.60 bits per heavy atom. The average molecular weight is 563 g/mol.